The molecule has 3 aromatic carbocycles. The van der Waals surface area contributed by atoms with Gasteiger partial charge in [0.05, 0.1) is 26.2 Å². The summed E-state index contributed by atoms with van der Waals surface area (Å²) in [6.45, 7) is 5.35. The summed E-state index contributed by atoms with van der Waals surface area (Å²) in [5.74, 6) is 1.57. The Bertz CT molecular complexity index is 1120. The van der Waals surface area contributed by atoms with Gasteiger partial charge in [-0.2, -0.15) is 0 Å². The van der Waals surface area contributed by atoms with Crippen LogP contribution in [-0.4, -0.2) is 33.7 Å². The zero-order valence-electron chi connectivity index (χ0n) is 20.7. The predicted octanol–water partition coefficient (Wildman–Crippen LogP) is 5.98. The minimum atomic E-state index is -0.287. The van der Waals surface area contributed by atoms with E-state index >= 15 is 0 Å². The second-order valence-corrected chi connectivity index (χ2v) is 9.30. The number of rotatable bonds is 7. The molecular formula is C29H34N2O3. The van der Waals surface area contributed by atoms with Gasteiger partial charge in [-0.15, -0.1) is 0 Å². The van der Waals surface area contributed by atoms with Crippen molar-refractivity contribution in [3.8, 4) is 11.5 Å². The van der Waals surface area contributed by atoms with Crippen LogP contribution in [0.1, 0.15) is 48.8 Å². The van der Waals surface area contributed by atoms with E-state index in [4.69, 9.17) is 9.47 Å². The van der Waals surface area contributed by atoms with Crippen LogP contribution in [0, 0.1) is 0 Å². The topological polar surface area (TPSA) is 42.0 Å². The van der Waals surface area contributed by atoms with E-state index in [9.17, 15) is 4.79 Å². The number of carbonyl (C=O) groups excluding carboxylic acids is 1. The van der Waals surface area contributed by atoms with E-state index in [1.807, 2.05) is 37.2 Å². The molecule has 178 valence electrons. The number of anilines is 2. The number of para-hydroxylation sites is 1. The van der Waals surface area contributed by atoms with Crippen molar-refractivity contribution in [2.75, 3.05) is 37.6 Å². The standard InChI is InChI=1S/C29H34N2O3/c1-20(2)22-11-15-24(16-12-22)31(19-21-9-13-23(14-10-21)30(3)4)29(32)26-17-18-34-28-25(26)7-6-8-27(28)33-5/h6-16,20,26H,17-19H2,1-5H3. The maximum Gasteiger partial charge on any atom is 0.235 e. The molecule has 0 fully saturated rings. The number of ether oxygens (including phenoxy) is 2. The van der Waals surface area contributed by atoms with Crippen LogP contribution in [0.3, 0.4) is 0 Å². The van der Waals surface area contributed by atoms with E-state index in [0.717, 1.165) is 22.5 Å². The van der Waals surface area contributed by atoms with Gasteiger partial charge in [0.2, 0.25) is 5.91 Å². The highest BCUT2D eigenvalue weighted by molar-refractivity contribution is 5.98. The molecule has 1 heterocycles. The highest BCUT2D eigenvalue weighted by Crippen LogP contribution is 2.41. The molecule has 34 heavy (non-hydrogen) atoms. The number of hydrogen-bond acceptors (Lipinski definition) is 4. The molecule has 1 amide bonds. The fraction of sp³-hybridized carbons (Fsp3) is 0.345. The molecule has 5 heteroatoms. The van der Waals surface area contributed by atoms with E-state index in [0.29, 0.717) is 37.0 Å². The fourth-order valence-electron chi connectivity index (χ4n) is 4.42. The van der Waals surface area contributed by atoms with Gasteiger partial charge in [0.15, 0.2) is 11.5 Å². The Hall–Kier alpha value is -3.47. The van der Waals surface area contributed by atoms with Gasteiger partial charge in [-0.05, 0) is 53.8 Å². The van der Waals surface area contributed by atoms with Gasteiger partial charge in [-0.25, -0.2) is 0 Å². The van der Waals surface area contributed by atoms with Crippen LogP contribution in [0.15, 0.2) is 66.7 Å². The molecule has 0 saturated heterocycles. The van der Waals surface area contributed by atoms with Gasteiger partial charge in [-0.1, -0.05) is 50.2 Å². The van der Waals surface area contributed by atoms with Crippen molar-refractivity contribution >= 4 is 17.3 Å². The quantitative estimate of drug-likeness (QED) is 0.437. The molecule has 0 spiro atoms. The van der Waals surface area contributed by atoms with Gasteiger partial charge in [0.1, 0.15) is 0 Å². The van der Waals surface area contributed by atoms with Crippen LogP contribution in [-0.2, 0) is 11.3 Å². The van der Waals surface area contributed by atoms with E-state index in [1.165, 1.54) is 5.56 Å². The minimum absolute atomic E-state index is 0.0757. The fourth-order valence-corrected chi connectivity index (χ4v) is 4.42. The van der Waals surface area contributed by atoms with Crippen molar-refractivity contribution in [3.63, 3.8) is 0 Å². The lowest BCUT2D eigenvalue weighted by Crippen LogP contribution is -2.37. The van der Waals surface area contributed by atoms with Crippen LogP contribution in [0.5, 0.6) is 11.5 Å². The summed E-state index contributed by atoms with van der Waals surface area (Å²) in [5.41, 5.74) is 5.27. The Morgan fingerprint density at radius 2 is 1.68 bits per heavy atom. The van der Waals surface area contributed by atoms with Gasteiger partial charge in [0, 0.05) is 31.0 Å². The van der Waals surface area contributed by atoms with Crippen LogP contribution in [0.25, 0.3) is 0 Å². The Labute approximate surface area is 202 Å². The first-order valence-corrected chi connectivity index (χ1v) is 11.9. The Kier molecular flexibility index (Phi) is 7.11. The lowest BCUT2D eigenvalue weighted by atomic mass is 9.91. The molecular weight excluding hydrogens is 424 g/mol. The monoisotopic (exact) mass is 458 g/mol. The first-order chi connectivity index (χ1) is 16.4. The normalized spacial score (nSPS) is 14.8. The van der Waals surface area contributed by atoms with Gasteiger partial charge in [-0.3, -0.25) is 4.79 Å². The van der Waals surface area contributed by atoms with E-state index in [2.05, 4.69) is 67.3 Å². The molecule has 0 radical (unpaired) electrons. The molecule has 1 atom stereocenters. The lowest BCUT2D eigenvalue weighted by Gasteiger charge is -2.32. The highest BCUT2D eigenvalue weighted by Gasteiger charge is 2.33. The number of benzene rings is 3. The van der Waals surface area contributed by atoms with Gasteiger partial charge < -0.3 is 19.3 Å². The number of amides is 1. The predicted molar refractivity (Wildman–Crippen MR) is 138 cm³/mol. The molecule has 0 N–H and O–H groups in total. The zero-order valence-corrected chi connectivity index (χ0v) is 20.7. The molecule has 1 unspecified atom stereocenters. The van der Waals surface area contributed by atoms with Crippen molar-refractivity contribution < 1.29 is 14.3 Å². The summed E-state index contributed by atoms with van der Waals surface area (Å²) in [7, 11) is 5.68. The van der Waals surface area contributed by atoms with E-state index in [-0.39, 0.29) is 11.8 Å². The van der Waals surface area contributed by atoms with Crippen LogP contribution < -0.4 is 19.3 Å². The molecule has 0 aliphatic carbocycles. The minimum Gasteiger partial charge on any atom is -0.493 e. The van der Waals surface area contributed by atoms with Gasteiger partial charge >= 0.3 is 0 Å². The number of fused-ring (bicyclic) bond motifs is 1. The summed E-state index contributed by atoms with van der Waals surface area (Å²) in [4.78, 5) is 18.1. The van der Waals surface area contributed by atoms with Crippen LogP contribution in [0.4, 0.5) is 11.4 Å². The van der Waals surface area contributed by atoms with Crippen LogP contribution >= 0.6 is 0 Å². The first kappa shape index (κ1) is 23.7. The number of methoxy groups -OCH3 is 1. The molecule has 4 rings (SSSR count). The molecule has 3 aromatic rings. The average Bonchev–Trinajstić information content (AvgIpc) is 2.86. The third-order valence-electron chi connectivity index (χ3n) is 6.49. The molecule has 0 saturated carbocycles. The number of nitrogens with zero attached hydrogens (tertiary/aromatic N) is 2. The first-order valence-electron chi connectivity index (χ1n) is 11.9. The largest absolute Gasteiger partial charge is 0.493 e. The summed E-state index contributed by atoms with van der Waals surface area (Å²) >= 11 is 0. The number of carbonyl (C=O) groups is 1. The molecule has 1 aliphatic heterocycles. The lowest BCUT2D eigenvalue weighted by molar-refractivity contribution is -0.120. The van der Waals surface area contributed by atoms with Gasteiger partial charge in [0.25, 0.3) is 0 Å². The van der Waals surface area contributed by atoms with Crippen molar-refractivity contribution in [1.29, 1.82) is 0 Å². The van der Waals surface area contributed by atoms with E-state index < -0.39 is 0 Å². The zero-order chi connectivity index (χ0) is 24.2. The van der Waals surface area contributed by atoms with Crippen molar-refractivity contribution in [2.45, 2.75) is 38.6 Å². The second kappa shape index (κ2) is 10.2. The molecule has 0 bridgehead atoms. The molecule has 1 aliphatic rings. The van der Waals surface area contributed by atoms with Crippen LogP contribution in [0.2, 0.25) is 0 Å². The number of hydrogen-bond donors (Lipinski definition) is 0. The third-order valence-corrected chi connectivity index (χ3v) is 6.49. The third kappa shape index (κ3) is 4.89. The molecule has 0 aromatic heterocycles. The Morgan fingerprint density at radius 1 is 1.00 bits per heavy atom. The summed E-state index contributed by atoms with van der Waals surface area (Å²) < 4.78 is 11.4. The summed E-state index contributed by atoms with van der Waals surface area (Å²) in [6, 6.07) is 22.5. The van der Waals surface area contributed by atoms with Crippen molar-refractivity contribution in [2.24, 2.45) is 0 Å². The maximum absolute atomic E-state index is 14.1. The second-order valence-electron chi connectivity index (χ2n) is 9.30. The molecule has 5 nitrogen and oxygen atoms in total. The maximum atomic E-state index is 14.1. The van der Waals surface area contributed by atoms with E-state index in [1.54, 1.807) is 7.11 Å². The SMILES string of the molecule is COc1cccc2c1OCCC2C(=O)N(Cc1ccc(N(C)C)cc1)c1ccc(C(C)C)cc1. The summed E-state index contributed by atoms with van der Waals surface area (Å²) in [6.07, 6.45) is 0.638. The van der Waals surface area contributed by atoms with Crippen molar-refractivity contribution in [1.82, 2.24) is 0 Å². The Morgan fingerprint density at radius 3 is 2.29 bits per heavy atom. The highest BCUT2D eigenvalue weighted by atomic mass is 16.5. The van der Waals surface area contributed by atoms with Crippen molar-refractivity contribution in [3.05, 3.63) is 83.4 Å². The smallest absolute Gasteiger partial charge is 0.235 e. The summed E-state index contributed by atoms with van der Waals surface area (Å²) in [5, 5.41) is 0. The Balaban J connectivity index is 1.70. The average molecular weight is 459 g/mol.